The van der Waals surface area contributed by atoms with E-state index in [1.54, 1.807) is 12.1 Å². The van der Waals surface area contributed by atoms with E-state index in [1.165, 1.54) is 11.0 Å². The van der Waals surface area contributed by atoms with Gasteiger partial charge in [-0.1, -0.05) is 0 Å². The van der Waals surface area contributed by atoms with Crippen LogP contribution in [0, 0.1) is 0 Å². The number of nitrogens with one attached hydrogen (secondary N) is 1. The van der Waals surface area contributed by atoms with Crippen molar-refractivity contribution in [3.63, 3.8) is 0 Å². The van der Waals surface area contributed by atoms with Gasteiger partial charge in [0.05, 0.1) is 5.56 Å². The Hall–Kier alpha value is -1.76. The third kappa shape index (κ3) is 2.03. The smallest absolute Gasteiger partial charge is 0.336 e. The van der Waals surface area contributed by atoms with E-state index in [2.05, 4.69) is 5.32 Å². The van der Waals surface area contributed by atoms with E-state index in [4.69, 9.17) is 0 Å². The molecular formula is C12H9F3N2OS. The molecule has 0 unspecified atom stereocenters. The van der Waals surface area contributed by atoms with Crippen molar-refractivity contribution in [1.82, 2.24) is 5.32 Å². The number of amides is 2. The Morgan fingerprint density at radius 1 is 1.32 bits per heavy atom. The summed E-state index contributed by atoms with van der Waals surface area (Å²) in [4.78, 5) is 13.0. The summed E-state index contributed by atoms with van der Waals surface area (Å²) in [5.41, 5.74) is -0.152. The third-order valence-corrected chi connectivity index (χ3v) is 3.99. The predicted octanol–water partition coefficient (Wildman–Crippen LogP) is 3.45. The summed E-state index contributed by atoms with van der Waals surface area (Å²) in [6.07, 6.45) is -4.37. The van der Waals surface area contributed by atoms with Crippen molar-refractivity contribution in [3.05, 3.63) is 29.1 Å². The van der Waals surface area contributed by atoms with Gasteiger partial charge < -0.3 is 5.32 Å². The summed E-state index contributed by atoms with van der Waals surface area (Å²) < 4.78 is 39.1. The van der Waals surface area contributed by atoms with Gasteiger partial charge in [0.15, 0.2) is 0 Å². The van der Waals surface area contributed by atoms with Crippen LogP contribution >= 0.6 is 11.3 Å². The first kappa shape index (κ1) is 12.3. The topological polar surface area (TPSA) is 32.3 Å². The maximum atomic E-state index is 12.9. The number of benzene rings is 1. The van der Waals surface area contributed by atoms with Crippen LogP contribution in [0.5, 0.6) is 0 Å². The highest BCUT2D eigenvalue weighted by Gasteiger charge is 2.34. The largest absolute Gasteiger partial charge is 0.417 e. The van der Waals surface area contributed by atoms with Gasteiger partial charge in [0.1, 0.15) is 0 Å². The molecule has 2 heterocycles. The van der Waals surface area contributed by atoms with Gasteiger partial charge in [0, 0.05) is 34.2 Å². The summed E-state index contributed by atoms with van der Waals surface area (Å²) in [7, 11) is 0. The average Bonchev–Trinajstić information content (AvgIpc) is 2.92. The van der Waals surface area contributed by atoms with Crippen LogP contribution in [-0.4, -0.2) is 19.1 Å². The molecule has 2 amide bonds. The van der Waals surface area contributed by atoms with Crippen LogP contribution in [0.25, 0.3) is 10.1 Å². The highest BCUT2D eigenvalue weighted by atomic mass is 32.1. The molecule has 1 fully saturated rings. The van der Waals surface area contributed by atoms with Crippen LogP contribution in [0.1, 0.15) is 5.56 Å². The molecule has 1 aromatic heterocycles. The number of hydrogen-bond acceptors (Lipinski definition) is 2. The molecule has 1 saturated heterocycles. The van der Waals surface area contributed by atoms with E-state index in [0.29, 0.717) is 23.5 Å². The lowest BCUT2D eigenvalue weighted by Gasteiger charge is -2.14. The number of hydrogen-bond donors (Lipinski definition) is 1. The fraction of sp³-hybridized carbons (Fsp3) is 0.250. The number of alkyl halides is 3. The van der Waals surface area contributed by atoms with Gasteiger partial charge in [-0.15, -0.1) is 11.3 Å². The Kier molecular flexibility index (Phi) is 2.67. The molecule has 7 heteroatoms. The Balaban J connectivity index is 2.11. The second kappa shape index (κ2) is 4.12. The normalized spacial score (nSPS) is 16.2. The van der Waals surface area contributed by atoms with Crippen molar-refractivity contribution in [3.8, 4) is 0 Å². The third-order valence-electron chi connectivity index (χ3n) is 3.03. The first-order valence-corrected chi connectivity index (χ1v) is 6.48. The molecule has 3 nitrogen and oxygen atoms in total. The lowest BCUT2D eigenvalue weighted by molar-refractivity contribution is -0.136. The van der Waals surface area contributed by atoms with Crippen molar-refractivity contribution >= 4 is 33.1 Å². The van der Waals surface area contributed by atoms with Crippen LogP contribution in [0.3, 0.4) is 0 Å². The number of nitrogens with zero attached hydrogens (tertiary/aromatic N) is 1. The van der Waals surface area contributed by atoms with Crippen molar-refractivity contribution in [1.29, 1.82) is 0 Å². The van der Waals surface area contributed by atoms with Crippen LogP contribution in [0.4, 0.5) is 23.7 Å². The predicted molar refractivity (Wildman–Crippen MR) is 67.6 cm³/mol. The molecule has 100 valence electrons. The highest BCUT2D eigenvalue weighted by molar-refractivity contribution is 7.17. The van der Waals surface area contributed by atoms with Crippen LogP contribution in [0.2, 0.25) is 0 Å². The fourth-order valence-electron chi connectivity index (χ4n) is 2.12. The number of carbonyl (C=O) groups is 1. The standard InChI is InChI=1S/C12H9F3N2OS/c13-12(14,15)9-6-19-10-2-1-7(5-8(9)10)17-4-3-16-11(17)18/h1-2,5-6H,3-4H2,(H,16,18). The summed E-state index contributed by atoms with van der Waals surface area (Å²) in [6.45, 7) is 0.975. The van der Waals surface area contributed by atoms with Crippen molar-refractivity contribution in [2.75, 3.05) is 18.0 Å². The Morgan fingerprint density at radius 3 is 2.74 bits per heavy atom. The number of fused-ring (bicyclic) bond motifs is 1. The molecule has 0 radical (unpaired) electrons. The van der Waals surface area contributed by atoms with Gasteiger partial charge in [-0.25, -0.2) is 4.79 Å². The SMILES string of the molecule is O=C1NCCN1c1ccc2scc(C(F)(F)F)c2c1. The van der Waals surface area contributed by atoms with Gasteiger partial charge in [-0.2, -0.15) is 13.2 Å². The molecule has 0 bridgehead atoms. The minimum atomic E-state index is -4.37. The van der Waals surface area contributed by atoms with E-state index in [0.717, 1.165) is 16.7 Å². The van der Waals surface area contributed by atoms with Crippen molar-refractivity contribution in [2.24, 2.45) is 0 Å². The molecule has 1 aliphatic heterocycles. The minimum absolute atomic E-state index is 0.148. The highest BCUT2D eigenvalue weighted by Crippen LogP contribution is 2.39. The number of anilines is 1. The molecule has 0 spiro atoms. The second-order valence-corrected chi connectivity index (χ2v) is 5.12. The Morgan fingerprint density at radius 2 is 2.11 bits per heavy atom. The number of carbonyl (C=O) groups excluding carboxylic acids is 1. The molecule has 0 saturated carbocycles. The molecule has 2 aromatic rings. The molecule has 19 heavy (non-hydrogen) atoms. The molecular weight excluding hydrogens is 277 g/mol. The van der Waals surface area contributed by atoms with E-state index in [-0.39, 0.29) is 11.4 Å². The first-order chi connectivity index (χ1) is 8.97. The summed E-state index contributed by atoms with van der Waals surface area (Å²) in [6, 6.07) is 4.45. The second-order valence-electron chi connectivity index (χ2n) is 4.21. The Bertz CT molecular complexity index is 650. The lowest BCUT2D eigenvalue weighted by atomic mass is 10.1. The summed E-state index contributed by atoms with van der Waals surface area (Å²) in [5, 5.41) is 3.88. The maximum absolute atomic E-state index is 12.9. The number of rotatable bonds is 1. The molecule has 1 aliphatic rings. The average molecular weight is 286 g/mol. The lowest BCUT2D eigenvalue weighted by Crippen LogP contribution is -2.27. The van der Waals surface area contributed by atoms with Gasteiger partial charge in [0.2, 0.25) is 0 Å². The van der Waals surface area contributed by atoms with Gasteiger partial charge >= 0.3 is 12.2 Å². The summed E-state index contributed by atoms with van der Waals surface area (Å²) >= 11 is 1.05. The maximum Gasteiger partial charge on any atom is 0.417 e. The molecule has 0 aliphatic carbocycles. The van der Waals surface area contributed by atoms with Crippen LogP contribution in [0.15, 0.2) is 23.6 Å². The minimum Gasteiger partial charge on any atom is -0.336 e. The summed E-state index contributed by atoms with van der Waals surface area (Å²) in [5.74, 6) is 0. The molecule has 1 aromatic carbocycles. The van der Waals surface area contributed by atoms with Gasteiger partial charge in [-0.05, 0) is 18.2 Å². The van der Waals surface area contributed by atoms with E-state index >= 15 is 0 Å². The number of thiophene rings is 1. The van der Waals surface area contributed by atoms with Crippen molar-refractivity contribution < 1.29 is 18.0 Å². The molecule has 1 N–H and O–H groups in total. The van der Waals surface area contributed by atoms with Crippen LogP contribution in [-0.2, 0) is 6.18 Å². The quantitative estimate of drug-likeness (QED) is 0.855. The zero-order valence-corrected chi connectivity index (χ0v) is 10.4. The first-order valence-electron chi connectivity index (χ1n) is 5.60. The van der Waals surface area contributed by atoms with Crippen LogP contribution < -0.4 is 10.2 Å². The van der Waals surface area contributed by atoms with E-state index < -0.39 is 11.7 Å². The number of urea groups is 1. The van der Waals surface area contributed by atoms with Gasteiger partial charge in [-0.3, -0.25) is 4.90 Å². The fourth-order valence-corrected chi connectivity index (χ4v) is 3.07. The van der Waals surface area contributed by atoms with Crippen molar-refractivity contribution in [2.45, 2.75) is 6.18 Å². The zero-order chi connectivity index (χ0) is 13.6. The van der Waals surface area contributed by atoms with E-state index in [1.807, 2.05) is 0 Å². The number of halogens is 3. The Labute approximate surface area is 110 Å². The van der Waals surface area contributed by atoms with E-state index in [9.17, 15) is 18.0 Å². The molecule has 3 rings (SSSR count). The van der Waals surface area contributed by atoms with Gasteiger partial charge in [0.25, 0.3) is 0 Å². The zero-order valence-electron chi connectivity index (χ0n) is 9.62. The molecule has 0 atom stereocenters. The monoisotopic (exact) mass is 286 g/mol.